The van der Waals surface area contributed by atoms with Gasteiger partial charge in [0, 0.05) is 24.7 Å². The summed E-state index contributed by atoms with van der Waals surface area (Å²) < 4.78 is 25.3. The van der Waals surface area contributed by atoms with Gasteiger partial charge in [0.1, 0.15) is 11.9 Å². The van der Waals surface area contributed by atoms with E-state index in [1.165, 1.54) is 0 Å². The number of aromatic nitrogens is 1. The van der Waals surface area contributed by atoms with Gasteiger partial charge in [-0.15, -0.1) is 0 Å². The molecule has 0 saturated carbocycles. The first kappa shape index (κ1) is 12.7. The lowest BCUT2D eigenvalue weighted by Gasteiger charge is -2.20. The average molecular weight is 251 g/mol. The Kier molecular flexibility index (Phi) is 3.46. The quantitative estimate of drug-likeness (QED) is 0.811. The van der Waals surface area contributed by atoms with Gasteiger partial charge in [-0.05, 0) is 31.9 Å². The summed E-state index contributed by atoms with van der Waals surface area (Å²) >= 11 is 0. The van der Waals surface area contributed by atoms with Gasteiger partial charge in [-0.25, -0.2) is 13.8 Å². The Labute approximate surface area is 105 Å². The first-order chi connectivity index (χ1) is 8.52. The zero-order valence-electron chi connectivity index (χ0n) is 10.5. The monoisotopic (exact) mass is 251 g/mol. The smallest absolute Gasteiger partial charge is 0.243 e. The molecule has 0 aliphatic carbocycles. The number of rotatable bonds is 2. The van der Waals surface area contributed by atoms with Crippen LogP contribution < -0.4 is 4.90 Å². The molecule has 1 aliphatic heterocycles. The lowest BCUT2D eigenvalue weighted by Crippen LogP contribution is -2.24. The maximum atomic E-state index is 12.7. The molecule has 1 aromatic heterocycles. The molecule has 96 valence electrons. The van der Waals surface area contributed by atoms with Crippen LogP contribution in [0.2, 0.25) is 0 Å². The third-order valence-electron chi connectivity index (χ3n) is 3.32. The maximum absolute atomic E-state index is 12.7. The van der Waals surface area contributed by atoms with Gasteiger partial charge in [0.15, 0.2) is 0 Å². The number of nitrogens with zero attached hydrogens (tertiary/aromatic N) is 3. The molecule has 0 spiro atoms. The van der Waals surface area contributed by atoms with Crippen LogP contribution in [0.25, 0.3) is 0 Å². The van der Waals surface area contributed by atoms with Gasteiger partial charge in [0.05, 0.1) is 5.56 Å². The molecule has 2 heterocycles. The number of hydrogen-bond donors (Lipinski definition) is 0. The Bertz CT molecular complexity index is 494. The fourth-order valence-electron chi connectivity index (χ4n) is 2.37. The number of pyridine rings is 1. The molecule has 1 aromatic rings. The predicted molar refractivity (Wildman–Crippen MR) is 64.8 cm³/mol. The van der Waals surface area contributed by atoms with Crippen molar-refractivity contribution in [2.75, 3.05) is 18.0 Å². The van der Waals surface area contributed by atoms with Crippen LogP contribution in [0.15, 0.2) is 6.07 Å². The Morgan fingerprint density at radius 1 is 1.50 bits per heavy atom. The number of anilines is 1. The van der Waals surface area contributed by atoms with E-state index in [1.54, 1.807) is 4.90 Å². The van der Waals surface area contributed by atoms with Gasteiger partial charge in [0.2, 0.25) is 6.43 Å². The maximum Gasteiger partial charge on any atom is 0.243 e. The van der Waals surface area contributed by atoms with Gasteiger partial charge in [-0.2, -0.15) is 5.26 Å². The minimum Gasteiger partial charge on any atom is -0.355 e. The molecule has 1 aliphatic rings. The van der Waals surface area contributed by atoms with Crippen LogP contribution in [0.4, 0.5) is 14.6 Å². The normalized spacial score (nSPS) is 19.3. The number of halogens is 2. The van der Waals surface area contributed by atoms with Crippen molar-refractivity contribution < 1.29 is 8.78 Å². The number of hydrogen-bond acceptors (Lipinski definition) is 3. The summed E-state index contributed by atoms with van der Waals surface area (Å²) in [5, 5.41) is 9.16. The summed E-state index contributed by atoms with van der Waals surface area (Å²) in [4.78, 5) is 6.14. The van der Waals surface area contributed by atoms with Crippen molar-refractivity contribution in [3.05, 3.63) is 22.9 Å². The molecular weight excluding hydrogens is 236 g/mol. The molecule has 1 fully saturated rings. The third-order valence-corrected chi connectivity index (χ3v) is 3.32. The van der Waals surface area contributed by atoms with Crippen LogP contribution in [-0.4, -0.2) is 24.5 Å². The van der Waals surface area contributed by atoms with E-state index in [0.717, 1.165) is 11.3 Å². The van der Waals surface area contributed by atoms with Crippen molar-refractivity contribution in [2.45, 2.75) is 26.7 Å². The first-order valence-corrected chi connectivity index (χ1v) is 5.94. The van der Waals surface area contributed by atoms with Crippen LogP contribution in [-0.2, 0) is 0 Å². The molecular formula is C13H15F2N3. The van der Waals surface area contributed by atoms with Crippen molar-refractivity contribution >= 4 is 5.82 Å². The molecule has 0 N–H and O–H groups in total. The predicted octanol–water partition coefficient (Wildman–Crippen LogP) is 2.66. The largest absolute Gasteiger partial charge is 0.355 e. The van der Waals surface area contributed by atoms with Crippen molar-refractivity contribution in [3.63, 3.8) is 0 Å². The van der Waals surface area contributed by atoms with Gasteiger partial charge >= 0.3 is 0 Å². The van der Waals surface area contributed by atoms with Crippen LogP contribution in [0.3, 0.4) is 0 Å². The molecule has 0 aromatic carbocycles. The van der Waals surface area contributed by atoms with Crippen LogP contribution in [0.1, 0.15) is 23.2 Å². The molecule has 0 bridgehead atoms. The Morgan fingerprint density at radius 3 is 2.78 bits per heavy atom. The van der Waals surface area contributed by atoms with Crippen LogP contribution >= 0.6 is 0 Å². The zero-order chi connectivity index (χ0) is 13.3. The van der Waals surface area contributed by atoms with Crippen molar-refractivity contribution in [2.24, 2.45) is 5.92 Å². The number of aryl methyl sites for hydroxylation is 2. The highest BCUT2D eigenvalue weighted by molar-refractivity contribution is 5.58. The second-order valence-corrected chi connectivity index (χ2v) is 4.72. The highest BCUT2D eigenvalue weighted by atomic mass is 19.3. The van der Waals surface area contributed by atoms with Crippen molar-refractivity contribution in [3.8, 4) is 6.07 Å². The van der Waals surface area contributed by atoms with E-state index in [4.69, 9.17) is 5.26 Å². The number of alkyl halides is 2. The topological polar surface area (TPSA) is 39.9 Å². The molecule has 3 nitrogen and oxygen atoms in total. The minimum absolute atomic E-state index is 0.280. The average Bonchev–Trinajstić information content (AvgIpc) is 2.77. The van der Waals surface area contributed by atoms with E-state index in [2.05, 4.69) is 11.1 Å². The third kappa shape index (κ3) is 2.28. The van der Waals surface area contributed by atoms with Gasteiger partial charge in [0.25, 0.3) is 0 Å². The zero-order valence-corrected chi connectivity index (χ0v) is 10.5. The summed E-state index contributed by atoms with van der Waals surface area (Å²) in [5.74, 6) is -0.0580. The van der Waals surface area contributed by atoms with Crippen molar-refractivity contribution in [1.29, 1.82) is 5.26 Å². The molecule has 0 amide bonds. The molecule has 1 saturated heterocycles. The SMILES string of the molecule is Cc1cc(C)c(C#N)c(N2CCC(C(F)F)C2)n1. The van der Waals surface area contributed by atoms with E-state index in [0.29, 0.717) is 24.3 Å². The number of nitriles is 1. The summed E-state index contributed by atoms with van der Waals surface area (Å²) in [7, 11) is 0. The van der Waals surface area contributed by atoms with Gasteiger partial charge in [-0.3, -0.25) is 0 Å². The summed E-state index contributed by atoms with van der Waals surface area (Å²) in [5.41, 5.74) is 2.15. The van der Waals surface area contributed by atoms with Crippen LogP contribution in [0.5, 0.6) is 0 Å². The Morgan fingerprint density at radius 2 is 2.22 bits per heavy atom. The molecule has 0 radical (unpaired) electrons. The lowest BCUT2D eigenvalue weighted by atomic mass is 10.1. The minimum atomic E-state index is -2.30. The second-order valence-electron chi connectivity index (χ2n) is 4.72. The van der Waals surface area contributed by atoms with Gasteiger partial charge < -0.3 is 4.90 Å². The molecule has 18 heavy (non-hydrogen) atoms. The van der Waals surface area contributed by atoms with E-state index < -0.39 is 12.3 Å². The molecule has 1 unspecified atom stereocenters. The standard InChI is InChI=1S/C13H15F2N3/c1-8-5-9(2)17-13(11(8)6-16)18-4-3-10(7-18)12(14)15/h5,10,12H,3-4,7H2,1-2H3. The fraction of sp³-hybridized carbons (Fsp3) is 0.538. The van der Waals surface area contributed by atoms with E-state index in [-0.39, 0.29) is 6.54 Å². The van der Waals surface area contributed by atoms with E-state index >= 15 is 0 Å². The van der Waals surface area contributed by atoms with Crippen LogP contribution in [0, 0.1) is 31.1 Å². The molecule has 1 atom stereocenters. The summed E-state index contributed by atoms with van der Waals surface area (Å²) in [6, 6.07) is 3.96. The van der Waals surface area contributed by atoms with E-state index in [9.17, 15) is 8.78 Å². The fourth-order valence-corrected chi connectivity index (χ4v) is 2.37. The highest BCUT2D eigenvalue weighted by Crippen LogP contribution is 2.29. The highest BCUT2D eigenvalue weighted by Gasteiger charge is 2.31. The van der Waals surface area contributed by atoms with Crippen molar-refractivity contribution in [1.82, 2.24) is 4.98 Å². The second kappa shape index (κ2) is 4.89. The summed E-state index contributed by atoms with van der Waals surface area (Å²) in [6.45, 7) is 4.51. The molecule has 5 heteroatoms. The lowest BCUT2D eigenvalue weighted by molar-refractivity contribution is 0.0880. The first-order valence-electron chi connectivity index (χ1n) is 5.94. The Hall–Kier alpha value is -1.70. The Balaban J connectivity index is 2.32. The molecule has 2 rings (SSSR count). The van der Waals surface area contributed by atoms with E-state index in [1.807, 2.05) is 19.9 Å². The van der Waals surface area contributed by atoms with Gasteiger partial charge in [-0.1, -0.05) is 0 Å². The summed E-state index contributed by atoms with van der Waals surface area (Å²) in [6.07, 6.45) is -1.84.